The SMILES string of the molecule is Cc1c(O)c(-c2ccc(S(C)(=O)=O)cc2)nn1C(C)(C)C. The maximum Gasteiger partial charge on any atom is 0.175 e. The summed E-state index contributed by atoms with van der Waals surface area (Å²) in [6.07, 6.45) is 1.16. The molecule has 2 aromatic rings. The lowest BCUT2D eigenvalue weighted by Crippen LogP contribution is -2.24. The second-order valence-corrected chi connectivity index (χ2v) is 8.18. The number of hydrogen-bond donors (Lipinski definition) is 1. The van der Waals surface area contributed by atoms with E-state index in [9.17, 15) is 13.5 Å². The minimum absolute atomic E-state index is 0.122. The Morgan fingerprint density at radius 2 is 1.67 bits per heavy atom. The normalized spacial score (nSPS) is 12.6. The zero-order valence-corrected chi connectivity index (χ0v) is 13.7. The van der Waals surface area contributed by atoms with Crippen molar-refractivity contribution in [3.8, 4) is 17.0 Å². The Hall–Kier alpha value is -1.82. The van der Waals surface area contributed by atoms with Crippen LogP contribution in [-0.2, 0) is 15.4 Å². The standard InChI is InChI=1S/C15H20N2O3S/c1-10-14(18)13(16-17(10)15(2,3)4)11-6-8-12(9-7-11)21(5,19)20/h6-9,18H,1-5H3. The molecule has 1 aromatic heterocycles. The first kappa shape index (κ1) is 15.6. The van der Waals surface area contributed by atoms with Gasteiger partial charge in [-0.15, -0.1) is 0 Å². The molecule has 21 heavy (non-hydrogen) atoms. The summed E-state index contributed by atoms with van der Waals surface area (Å²) >= 11 is 0. The average Bonchev–Trinajstić information content (AvgIpc) is 2.65. The molecule has 5 nitrogen and oxygen atoms in total. The molecule has 6 heteroatoms. The van der Waals surface area contributed by atoms with Gasteiger partial charge in [-0.25, -0.2) is 8.42 Å². The summed E-state index contributed by atoms with van der Waals surface area (Å²) in [4.78, 5) is 0.248. The van der Waals surface area contributed by atoms with Crippen LogP contribution in [-0.4, -0.2) is 29.6 Å². The summed E-state index contributed by atoms with van der Waals surface area (Å²) in [5.41, 5.74) is 1.59. The van der Waals surface area contributed by atoms with E-state index in [1.165, 1.54) is 12.1 Å². The van der Waals surface area contributed by atoms with E-state index in [-0.39, 0.29) is 16.2 Å². The maximum absolute atomic E-state index is 11.5. The van der Waals surface area contributed by atoms with Crippen LogP contribution >= 0.6 is 0 Å². The summed E-state index contributed by atoms with van der Waals surface area (Å²) in [7, 11) is -3.23. The van der Waals surface area contributed by atoms with E-state index in [4.69, 9.17) is 0 Å². The third-order valence-electron chi connectivity index (χ3n) is 3.28. The Kier molecular flexibility index (Phi) is 3.61. The van der Waals surface area contributed by atoms with E-state index in [0.717, 1.165) is 6.26 Å². The van der Waals surface area contributed by atoms with Crippen molar-refractivity contribution in [1.82, 2.24) is 9.78 Å². The molecule has 0 spiro atoms. The Balaban J connectivity index is 2.53. The second kappa shape index (κ2) is 4.87. The predicted octanol–water partition coefficient (Wildman–Crippen LogP) is 2.72. The molecule has 1 aromatic carbocycles. The van der Waals surface area contributed by atoms with Crippen LogP contribution in [0, 0.1) is 6.92 Å². The van der Waals surface area contributed by atoms with Crippen LogP contribution in [0.2, 0.25) is 0 Å². The highest BCUT2D eigenvalue weighted by molar-refractivity contribution is 7.90. The van der Waals surface area contributed by atoms with Gasteiger partial charge in [0.15, 0.2) is 15.6 Å². The number of hydrogen-bond acceptors (Lipinski definition) is 4. The number of aromatic nitrogens is 2. The van der Waals surface area contributed by atoms with E-state index in [1.54, 1.807) is 16.8 Å². The first-order valence-electron chi connectivity index (χ1n) is 6.61. The van der Waals surface area contributed by atoms with Crippen molar-refractivity contribution >= 4 is 9.84 Å². The van der Waals surface area contributed by atoms with Crippen LogP contribution in [0.25, 0.3) is 11.3 Å². The first-order valence-corrected chi connectivity index (χ1v) is 8.50. The third-order valence-corrected chi connectivity index (χ3v) is 4.40. The molecule has 0 amide bonds. The fourth-order valence-electron chi connectivity index (χ4n) is 2.20. The molecule has 0 atom stereocenters. The topological polar surface area (TPSA) is 72.2 Å². The largest absolute Gasteiger partial charge is 0.504 e. The highest BCUT2D eigenvalue weighted by Gasteiger charge is 2.23. The average molecular weight is 308 g/mol. The van der Waals surface area contributed by atoms with Gasteiger partial charge in [-0.1, -0.05) is 12.1 Å². The highest BCUT2D eigenvalue weighted by atomic mass is 32.2. The molecule has 1 heterocycles. The molecule has 0 unspecified atom stereocenters. The molecule has 0 fully saturated rings. The van der Waals surface area contributed by atoms with Gasteiger partial charge in [0.1, 0.15) is 5.69 Å². The number of sulfone groups is 1. The van der Waals surface area contributed by atoms with Gasteiger partial charge < -0.3 is 5.11 Å². The summed E-state index contributed by atoms with van der Waals surface area (Å²) in [5.74, 6) is 0.122. The second-order valence-electron chi connectivity index (χ2n) is 6.16. The molecule has 0 aliphatic rings. The summed E-state index contributed by atoms with van der Waals surface area (Å²) in [5, 5.41) is 14.7. The van der Waals surface area contributed by atoms with E-state index in [1.807, 2.05) is 27.7 Å². The molecular formula is C15H20N2O3S. The minimum atomic E-state index is -3.23. The van der Waals surface area contributed by atoms with Crippen molar-refractivity contribution in [2.75, 3.05) is 6.26 Å². The summed E-state index contributed by atoms with van der Waals surface area (Å²) in [6.45, 7) is 7.82. The summed E-state index contributed by atoms with van der Waals surface area (Å²) in [6, 6.07) is 6.36. The lowest BCUT2D eigenvalue weighted by atomic mass is 10.1. The van der Waals surface area contributed by atoms with Crippen molar-refractivity contribution in [1.29, 1.82) is 0 Å². The highest BCUT2D eigenvalue weighted by Crippen LogP contribution is 2.34. The molecule has 114 valence electrons. The molecule has 0 aliphatic heterocycles. The Bertz CT molecular complexity index is 766. The van der Waals surface area contributed by atoms with Crippen molar-refractivity contribution in [2.24, 2.45) is 0 Å². The Morgan fingerprint density at radius 3 is 2.05 bits per heavy atom. The lowest BCUT2D eigenvalue weighted by molar-refractivity contribution is 0.345. The number of rotatable bonds is 2. The van der Waals surface area contributed by atoms with Gasteiger partial charge in [0.25, 0.3) is 0 Å². The van der Waals surface area contributed by atoms with Gasteiger partial charge in [-0.05, 0) is 39.8 Å². The van der Waals surface area contributed by atoms with Gasteiger partial charge in [0.05, 0.1) is 16.1 Å². The van der Waals surface area contributed by atoms with Crippen molar-refractivity contribution in [2.45, 2.75) is 38.1 Å². The zero-order chi connectivity index (χ0) is 16.0. The van der Waals surface area contributed by atoms with Gasteiger partial charge in [-0.2, -0.15) is 5.10 Å². The van der Waals surface area contributed by atoms with Crippen LogP contribution in [0.1, 0.15) is 26.5 Å². The van der Waals surface area contributed by atoms with Crippen molar-refractivity contribution < 1.29 is 13.5 Å². The molecule has 0 saturated heterocycles. The summed E-state index contributed by atoms with van der Waals surface area (Å²) < 4.78 is 24.7. The molecule has 0 aliphatic carbocycles. The minimum Gasteiger partial charge on any atom is -0.504 e. The molecular weight excluding hydrogens is 288 g/mol. The Morgan fingerprint density at radius 1 is 1.14 bits per heavy atom. The van der Waals surface area contributed by atoms with Gasteiger partial charge >= 0.3 is 0 Å². The van der Waals surface area contributed by atoms with Gasteiger partial charge in [-0.3, -0.25) is 4.68 Å². The van der Waals surface area contributed by atoms with Crippen molar-refractivity contribution in [3.63, 3.8) is 0 Å². The molecule has 0 radical (unpaired) electrons. The first-order chi connectivity index (χ1) is 9.51. The Labute approximate surface area is 125 Å². The van der Waals surface area contributed by atoms with Crippen LogP contribution in [0.3, 0.4) is 0 Å². The van der Waals surface area contributed by atoms with E-state index >= 15 is 0 Å². The van der Waals surface area contributed by atoms with Crippen LogP contribution < -0.4 is 0 Å². The quantitative estimate of drug-likeness (QED) is 0.926. The van der Waals surface area contributed by atoms with Gasteiger partial charge in [0.2, 0.25) is 0 Å². The van der Waals surface area contributed by atoms with E-state index in [0.29, 0.717) is 17.0 Å². The fourth-order valence-corrected chi connectivity index (χ4v) is 2.83. The molecule has 1 N–H and O–H groups in total. The molecule has 0 bridgehead atoms. The fraction of sp³-hybridized carbons (Fsp3) is 0.400. The number of nitrogens with zero attached hydrogens (tertiary/aromatic N) is 2. The molecule has 2 rings (SSSR count). The van der Waals surface area contributed by atoms with E-state index < -0.39 is 9.84 Å². The maximum atomic E-state index is 11.5. The third kappa shape index (κ3) is 2.95. The zero-order valence-electron chi connectivity index (χ0n) is 12.9. The monoisotopic (exact) mass is 308 g/mol. The number of aromatic hydroxyl groups is 1. The van der Waals surface area contributed by atoms with Crippen molar-refractivity contribution in [3.05, 3.63) is 30.0 Å². The number of benzene rings is 1. The van der Waals surface area contributed by atoms with Crippen LogP contribution in [0.5, 0.6) is 5.75 Å². The van der Waals surface area contributed by atoms with Gasteiger partial charge in [0, 0.05) is 11.8 Å². The van der Waals surface area contributed by atoms with Crippen LogP contribution in [0.15, 0.2) is 29.2 Å². The van der Waals surface area contributed by atoms with E-state index in [2.05, 4.69) is 5.10 Å². The molecule has 0 saturated carbocycles. The smallest absolute Gasteiger partial charge is 0.175 e. The lowest BCUT2D eigenvalue weighted by Gasteiger charge is -2.20. The van der Waals surface area contributed by atoms with Crippen LogP contribution in [0.4, 0.5) is 0 Å². The predicted molar refractivity (Wildman–Crippen MR) is 82.2 cm³/mol.